The van der Waals surface area contributed by atoms with E-state index in [1.165, 1.54) is 19.9 Å². The van der Waals surface area contributed by atoms with Crippen LogP contribution in [0.4, 0.5) is 0 Å². The van der Waals surface area contributed by atoms with E-state index in [4.69, 9.17) is 9.47 Å². The molecule has 6 heteroatoms. The Kier molecular flexibility index (Phi) is 3.74. The Hall–Kier alpha value is -2.63. The first-order valence-electron chi connectivity index (χ1n) is 8.08. The summed E-state index contributed by atoms with van der Waals surface area (Å²) in [6, 6.07) is 3.20. The van der Waals surface area contributed by atoms with Crippen molar-refractivity contribution in [3.63, 3.8) is 0 Å². The van der Waals surface area contributed by atoms with Crippen molar-refractivity contribution in [1.29, 1.82) is 0 Å². The molecular weight excluding hydrogens is 324 g/mol. The van der Waals surface area contributed by atoms with Crippen LogP contribution in [0.25, 0.3) is 0 Å². The molecule has 1 aromatic rings. The molecule has 0 aromatic heterocycles. The molecule has 1 aromatic carbocycles. The van der Waals surface area contributed by atoms with Gasteiger partial charge in [0, 0.05) is 32.3 Å². The van der Waals surface area contributed by atoms with E-state index in [9.17, 15) is 19.5 Å². The average Bonchev–Trinajstić information content (AvgIpc) is 3.00. The van der Waals surface area contributed by atoms with Crippen LogP contribution in [0, 0.1) is 6.92 Å². The van der Waals surface area contributed by atoms with Gasteiger partial charge in [-0.25, -0.2) is 0 Å². The number of hydrogen-bond acceptors (Lipinski definition) is 6. The van der Waals surface area contributed by atoms with Crippen LogP contribution in [0.15, 0.2) is 24.3 Å². The number of rotatable bonds is 3. The number of phenolic OH excluding ortho intramolecular Hbond substituents is 1. The maximum absolute atomic E-state index is 12.2. The summed E-state index contributed by atoms with van der Waals surface area (Å²) in [6.45, 7) is 8.37. The molecule has 0 spiro atoms. The Labute approximate surface area is 145 Å². The van der Waals surface area contributed by atoms with Gasteiger partial charge in [-0.1, -0.05) is 12.6 Å². The van der Waals surface area contributed by atoms with Crippen molar-refractivity contribution in [2.75, 3.05) is 0 Å². The molecule has 6 nitrogen and oxygen atoms in total. The molecule has 2 saturated carbocycles. The highest BCUT2D eigenvalue weighted by molar-refractivity contribution is 5.89. The minimum absolute atomic E-state index is 0.0110. The van der Waals surface area contributed by atoms with Gasteiger partial charge in [-0.05, 0) is 30.5 Å². The molecule has 0 saturated heterocycles. The van der Waals surface area contributed by atoms with E-state index >= 15 is 0 Å². The standard InChI is InChI=1S/C19H20O6/c1-10-5-6-15(24-12(3)20)17(23)16(10)18-9-14(22)7-8-19(18,11(18)2)25-13(4)21/h5-6,23H,2,7-9H2,1,3-4H3. The minimum Gasteiger partial charge on any atom is -0.504 e. The van der Waals surface area contributed by atoms with Crippen LogP contribution in [0.5, 0.6) is 11.5 Å². The fourth-order valence-electron chi connectivity index (χ4n) is 4.21. The molecular formula is C19H20O6. The van der Waals surface area contributed by atoms with E-state index in [-0.39, 0.29) is 30.1 Å². The second-order valence-electron chi connectivity index (χ2n) is 6.72. The highest BCUT2D eigenvalue weighted by Crippen LogP contribution is 2.72. The topological polar surface area (TPSA) is 89.9 Å². The number of ketones is 1. The van der Waals surface area contributed by atoms with Crippen molar-refractivity contribution in [3.8, 4) is 11.5 Å². The molecule has 0 heterocycles. The average molecular weight is 344 g/mol. The largest absolute Gasteiger partial charge is 0.504 e. The smallest absolute Gasteiger partial charge is 0.308 e. The van der Waals surface area contributed by atoms with E-state index in [1.54, 1.807) is 13.0 Å². The van der Waals surface area contributed by atoms with Gasteiger partial charge in [-0.3, -0.25) is 14.4 Å². The Bertz CT molecular complexity index is 823. The lowest BCUT2D eigenvalue weighted by atomic mass is 9.77. The van der Waals surface area contributed by atoms with Gasteiger partial charge in [0.2, 0.25) is 0 Å². The molecule has 1 N–H and O–H groups in total. The zero-order chi connectivity index (χ0) is 18.6. The summed E-state index contributed by atoms with van der Waals surface area (Å²) in [5.41, 5.74) is -0.231. The predicted octanol–water partition coefficient (Wildman–Crippen LogP) is 2.49. The molecule has 0 aliphatic heterocycles. The van der Waals surface area contributed by atoms with E-state index in [0.29, 0.717) is 23.1 Å². The molecule has 2 atom stereocenters. The third-order valence-electron chi connectivity index (χ3n) is 5.20. The van der Waals surface area contributed by atoms with Crippen LogP contribution in [0.2, 0.25) is 0 Å². The zero-order valence-corrected chi connectivity index (χ0v) is 14.5. The molecule has 2 fully saturated rings. The van der Waals surface area contributed by atoms with Crippen LogP contribution in [0.1, 0.15) is 44.2 Å². The van der Waals surface area contributed by atoms with E-state index in [0.717, 1.165) is 0 Å². The van der Waals surface area contributed by atoms with Crippen molar-refractivity contribution in [2.45, 2.75) is 51.0 Å². The van der Waals surface area contributed by atoms with E-state index in [2.05, 4.69) is 6.58 Å². The highest BCUT2D eigenvalue weighted by Gasteiger charge is 2.78. The quantitative estimate of drug-likeness (QED) is 0.515. The Morgan fingerprint density at radius 1 is 1.24 bits per heavy atom. The number of aryl methyl sites for hydroxylation is 1. The lowest BCUT2D eigenvalue weighted by Gasteiger charge is -2.30. The van der Waals surface area contributed by atoms with Gasteiger partial charge in [-0.15, -0.1) is 0 Å². The lowest BCUT2D eigenvalue weighted by molar-refractivity contribution is -0.152. The number of ether oxygens (including phenoxy) is 2. The maximum atomic E-state index is 12.2. The number of carbonyl (C=O) groups excluding carboxylic acids is 3. The highest BCUT2D eigenvalue weighted by atomic mass is 16.6. The first-order chi connectivity index (χ1) is 11.7. The fourth-order valence-corrected chi connectivity index (χ4v) is 4.21. The molecule has 2 aliphatic carbocycles. The Balaban J connectivity index is 2.19. The number of phenols is 1. The van der Waals surface area contributed by atoms with Crippen molar-refractivity contribution in [3.05, 3.63) is 35.4 Å². The fraction of sp³-hybridized carbons (Fsp3) is 0.421. The van der Waals surface area contributed by atoms with Gasteiger partial charge >= 0.3 is 11.9 Å². The monoisotopic (exact) mass is 344 g/mol. The number of esters is 2. The van der Waals surface area contributed by atoms with Gasteiger partial charge in [-0.2, -0.15) is 0 Å². The number of benzene rings is 1. The summed E-state index contributed by atoms with van der Waals surface area (Å²) >= 11 is 0. The van der Waals surface area contributed by atoms with Crippen molar-refractivity contribution in [2.24, 2.45) is 0 Å². The normalized spacial score (nSPS) is 27.5. The third kappa shape index (κ3) is 2.27. The predicted molar refractivity (Wildman–Crippen MR) is 88.3 cm³/mol. The van der Waals surface area contributed by atoms with Gasteiger partial charge < -0.3 is 14.6 Å². The zero-order valence-electron chi connectivity index (χ0n) is 14.5. The number of Topliss-reactive ketones (excluding diaryl/α,β-unsaturated/α-hetero) is 1. The van der Waals surface area contributed by atoms with Crippen molar-refractivity contribution < 1.29 is 29.0 Å². The van der Waals surface area contributed by atoms with Crippen LogP contribution in [0.3, 0.4) is 0 Å². The third-order valence-corrected chi connectivity index (χ3v) is 5.20. The van der Waals surface area contributed by atoms with E-state index in [1.807, 2.05) is 0 Å². The summed E-state index contributed by atoms with van der Waals surface area (Å²) in [4.78, 5) is 35.1. The molecule has 0 bridgehead atoms. The summed E-state index contributed by atoms with van der Waals surface area (Å²) in [5, 5.41) is 10.7. The molecule has 2 aliphatic rings. The van der Waals surface area contributed by atoms with Crippen molar-refractivity contribution in [1.82, 2.24) is 0 Å². The first kappa shape index (κ1) is 17.2. The van der Waals surface area contributed by atoms with Gasteiger partial charge in [0.05, 0.1) is 5.41 Å². The van der Waals surface area contributed by atoms with Crippen LogP contribution in [-0.4, -0.2) is 28.4 Å². The maximum Gasteiger partial charge on any atom is 0.308 e. The number of aromatic hydroxyl groups is 1. The Morgan fingerprint density at radius 2 is 1.92 bits per heavy atom. The van der Waals surface area contributed by atoms with Crippen LogP contribution >= 0.6 is 0 Å². The van der Waals surface area contributed by atoms with Crippen LogP contribution < -0.4 is 4.74 Å². The summed E-state index contributed by atoms with van der Waals surface area (Å²) in [5.74, 6) is -1.23. The summed E-state index contributed by atoms with van der Waals surface area (Å²) in [7, 11) is 0. The summed E-state index contributed by atoms with van der Waals surface area (Å²) < 4.78 is 10.7. The number of carbonyl (C=O) groups is 3. The van der Waals surface area contributed by atoms with Gasteiger partial charge in [0.1, 0.15) is 11.4 Å². The first-order valence-corrected chi connectivity index (χ1v) is 8.08. The second-order valence-corrected chi connectivity index (χ2v) is 6.72. The Morgan fingerprint density at radius 3 is 2.52 bits per heavy atom. The van der Waals surface area contributed by atoms with Crippen molar-refractivity contribution >= 4 is 17.7 Å². The molecule has 3 rings (SSSR count). The van der Waals surface area contributed by atoms with E-state index < -0.39 is 23.0 Å². The lowest BCUT2D eigenvalue weighted by Crippen LogP contribution is -2.36. The van der Waals surface area contributed by atoms with Gasteiger partial charge in [0.25, 0.3) is 0 Å². The summed E-state index contributed by atoms with van der Waals surface area (Å²) in [6.07, 6.45) is 0.718. The number of hydrogen-bond donors (Lipinski definition) is 1. The molecule has 0 amide bonds. The van der Waals surface area contributed by atoms with Gasteiger partial charge in [0.15, 0.2) is 11.5 Å². The molecule has 2 unspecified atom stereocenters. The molecule has 132 valence electrons. The molecule has 0 radical (unpaired) electrons. The van der Waals surface area contributed by atoms with Crippen LogP contribution in [-0.2, 0) is 24.5 Å². The minimum atomic E-state index is -0.996. The molecule has 25 heavy (non-hydrogen) atoms. The SMILES string of the molecule is C=C1C2(OC(C)=O)CCC(=O)CC12c1c(C)ccc(OC(C)=O)c1O. The number of fused-ring (bicyclic) bond motifs is 1. The second kappa shape index (κ2) is 5.44.